The molecule has 0 saturated carbocycles. The van der Waals surface area contributed by atoms with Crippen molar-refractivity contribution in [2.75, 3.05) is 0 Å². The van der Waals surface area contributed by atoms with Crippen LogP contribution in [0, 0.1) is 0 Å². The van der Waals surface area contributed by atoms with Crippen LogP contribution < -0.4 is 0 Å². The summed E-state index contributed by atoms with van der Waals surface area (Å²) in [5.74, 6) is 1.95. The van der Waals surface area contributed by atoms with Crippen LogP contribution in [0.15, 0.2) is 182 Å². The Morgan fingerprint density at radius 3 is 1.57 bits per heavy atom. The molecule has 0 bridgehead atoms. The van der Waals surface area contributed by atoms with Crippen LogP contribution in [-0.2, 0) is 0 Å². The summed E-state index contributed by atoms with van der Waals surface area (Å²) in [6.07, 6.45) is 0. The summed E-state index contributed by atoms with van der Waals surface area (Å²) >= 11 is 3.65. The van der Waals surface area contributed by atoms with Gasteiger partial charge in [0.1, 0.15) is 0 Å². The van der Waals surface area contributed by atoms with Crippen molar-refractivity contribution < 1.29 is 0 Å². The maximum Gasteiger partial charge on any atom is 0.164 e. The molecule has 12 aromatic rings. The van der Waals surface area contributed by atoms with Gasteiger partial charge < -0.3 is 0 Å². The average molecular weight is 775 g/mol. The third kappa shape index (κ3) is 5.34. The fraction of sp³-hybridized carbons (Fsp3) is 0. The molecule has 0 atom stereocenters. The van der Waals surface area contributed by atoms with Gasteiger partial charge in [-0.25, -0.2) is 19.9 Å². The lowest BCUT2D eigenvalue weighted by Crippen LogP contribution is -2.00. The predicted octanol–water partition coefficient (Wildman–Crippen LogP) is 14.6. The van der Waals surface area contributed by atoms with Gasteiger partial charge in [-0.05, 0) is 47.5 Å². The van der Waals surface area contributed by atoms with Gasteiger partial charge >= 0.3 is 0 Å². The monoisotopic (exact) mass is 774 g/mol. The molecule has 6 heteroatoms. The van der Waals surface area contributed by atoms with Crippen LogP contribution in [0.2, 0.25) is 0 Å². The molecule has 4 aromatic heterocycles. The molecule has 0 N–H and O–H groups in total. The van der Waals surface area contributed by atoms with Crippen molar-refractivity contribution in [1.82, 2.24) is 19.9 Å². The fourth-order valence-electron chi connectivity index (χ4n) is 8.42. The fourth-order valence-corrected chi connectivity index (χ4v) is 10.7. The molecule has 0 aliphatic carbocycles. The van der Waals surface area contributed by atoms with E-state index in [-0.39, 0.29) is 0 Å². The normalized spacial score (nSPS) is 11.8. The summed E-state index contributed by atoms with van der Waals surface area (Å²) in [4.78, 5) is 20.6. The Morgan fingerprint density at radius 2 is 0.845 bits per heavy atom. The van der Waals surface area contributed by atoms with Gasteiger partial charge in [-0.15, -0.1) is 22.7 Å². The predicted molar refractivity (Wildman–Crippen MR) is 246 cm³/mol. The van der Waals surface area contributed by atoms with Crippen molar-refractivity contribution in [1.29, 1.82) is 0 Å². The van der Waals surface area contributed by atoms with Crippen molar-refractivity contribution in [2.24, 2.45) is 0 Å². The van der Waals surface area contributed by atoms with Gasteiger partial charge in [0.05, 0.1) is 11.2 Å². The summed E-state index contributed by atoms with van der Waals surface area (Å²) in [7, 11) is 0. The number of fused-ring (bicyclic) bond motifs is 10. The molecule has 0 spiro atoms. The molecule has 0 amide bonds. The van der Waals surface area contributed by atoms with E-state index in [0.717, 1.165) is 55.4 Å². The number of hydrogen-bond acceptors (Lipinski definition) is 6. The van der Waals surface area contributed by atoms with E-state index in [0.29, 0.717) is 17.5 Å². The zero-order valence-corrected chi connectivity index (χ0v) is 32.6. The highest BCUT2D eigenvalue weighted by Crippen LogP contribution is 2.44. The second-order valence-corrected chi connectivity index (χ2v) is 16.7. The molecule has 4 nitrogen and oxygen atoms in total. The van der Waals surface area contributed by atoms with Crippen molar-refractivity contribution in [3.63, 3.8) is 0 Å². The maximum atomic E-state index is 5.31. The smallest absolute Gasteiger partial charge is 0.164 e. The van der Waals surface area contributed by atoms with E-state index in [2.05, 4.69) is 164 Å². The molecule has 0 aliphatic heterocycles. The van der Waals surface area contributed by atoms with Gasteiger partial charge in [-0.3, -0.25) is 0 Å². The molecule has 0 aliphatic rings. The highest BCUT2D eigenvalue weighted by molar-refractivity contribution is 7.26. The molecule has 58 heavy (non-hydrogen) atoms. The van der Waals surface area contributed by atoms with Crippen LogP contribution in [0.4, 0.5) is 0 Å². The Bertz CT molecular complexity index is 3560. The van der Waals surface area contributed by atoms with Crippen LogP contribution >= 0.6 is 22.7 Å². The molecule has 0 unspecified atom stereocenters. The van der Waals surface area contributed by atoms with E-state index >= 15 is 0 Å². The number of thiophene rings is 2. The van der Waals surface area contributed by atoms with Crippen LogP contribution in [0.1, 0.15) is 0 Å². The lowest BCUT2D eigenvalue weighted by molar-refractivity contribution is 1.08. The van der Waals surface area contributed by atoms with Crippen LogP contribution in [0.5, 0.6) is 0 Å². The summed E-state index contributed by atoms with van der Waals surface area (Å²) in [5.41, 5.74) is 8.23. The SMILES string of the molecule is c1ccc(-c2nc(-c3ccc(-c4ccc5nc(-c6ccccc6)c6ccc7sc8ccccc8c7c6c5c4)cc3)nc(-c3cccc4sc5ccccc5c34)n2)cc1. The van der Waals surface area contributed by atoms with Crippen LogP contribution in [0.25, 0.3) is 119 Å². The zero-order valence-electron chi connectivity index (χ0n) is 30.9. The highest BCUT2D eigenvalue weighted by Gasteiger charge is 2.19. The Kier molecular flexibility index (Phi) is 7.55. The average Bonchev–Trinajstić information content (AvgIpc) is 3.88. The Morgan fingerprint density at radius 1 is 0.293 bits per heavy atom. The van der Waals surface area contributed by atoms with Crippen LogP contribution in [-0.4, -0.2) is 19.9 Å². The first-order valence-electron chi connectivity index (χ1n) is 19.3. The molecule has 0 radical (unpaired) electrons. The number of benzene rings is 8. The molecule has 4 heterocycles. The number of nitrogens with zero attached hydrogens (tertiary/aromatic N) is 4. The molecular formula is C52H30N4S2. The van der Waals surface area contributed by atoms with Gasteiger partial charge in [0, 0.05) is 78.8 Å². The van der Waals surface area contributed by atoms with E-state index in [1.54, 1.807) is 11.3 Å². The maximum absolute atomic E-state index is 5.31. The number of hydrogen-bond donors (Lipinski definition) is 0. The van der Waals surface area contributed by atoms with Gasteiger partial charge in [-0.1, -0.05) is 146 Å². The number of pyridine rings is 1. The molecule has 8 aromatic carbocycles. The topological polar surface area (TPSA) is 51.6 Å². The standard InChI is InChI=1S/C52H30N4S2/c1-3-12-32(13-4-1)49-38-27-29-45-48(37-17-8-10-20-43(37)58-45)47(38)40-30-35(26-28-41(40)53-49)31-22-24-34(25-23-31)51-54-50(33-14-5-2-6-15-33)55-52(56-51)39-18-11-21-44-46(39)36-16-7-9-19-42(36)57-44/h1-30H. The third-order valence-corrected chi connectivity index (χ3v) is 13.4. The largest absolute Gasteiger partial charge is 0.247 e. The first kappa shape index (κ1) is 33.1. The van der Waals surface area contributed by atoms with Crippen molar-refractivity contribution >= 4 is 84.7 Å². The lowest BCUT2D eigenvalue weighted by Gasteiger charge is -2.13. The first-order chi connectivity index (χ1) is 28.7. The quantitative estimate of drug-likeness (QED) is 0.163. The van der Waals surface area contributed by atoms with E-state index in [1.807, 2.05) is 29.5 Å². The minimum absolute atomic E-state index is 0.640. The van der Waals surface area contributed by atoms with E-state index < -0.39 is 0 Å². The third-order valence-electron chi connectivity index (χ3n) is 11.1. The Labute approximate surface area is 341 Å². The number of rotatable bonds is 5. The lowest BCUT2D eigenvalue weighted by atomic mass is 9.94. The summed E-state index contributed by atoms with van der Waals surface area (Å²) in [6.45, 7) is 0. The van der Waals surface area contributed by atoms with Gasteiger partial charge in [0.2, 0.25) is 0 Å². The summed E-state index contributed by atoms with van der Waals surface area (Å²) < 4.78 is 5.04. The minimum Gasteiger partial charge on any atom is -0.247 e. The molecule has 0 saturated heterocycles. The van der Waals surface area contributed by atoms with Crippen molar-refractivity contribution in [3.05, 3.63) is 182 Å². The summed E-state index contributed by atoms with van der Waals surface area (Å²) in [5, 5.41) is 8.52. The van der Waals surface area contributed by atoms with Gasteiger partial charge in [0.25, 0.3) is 0 Å². The van der Waals surface area contributed by atoms with Crippen molar-refractivity contribution in [2.45, 2.75) is 0 Å². The van der Waals surface area contributed by atoms with Crippen molar-refractivity contribution in [3.8, 4) is 56.5 Å². The molecule has 0 fully saturated rings. The first-order valence-corrected chi connectivity index (χ1v) is 20.9. The molecular weight excluding hydrogens is 745 g/mol. The van der Waals surface area contributed by atoms with Gasteiger partial charge in [-0.2, -0.15) is 0 Å². The summed E-state index contributed by atoms with van der Waals surface area (Å²) in [6, 6.07) is 64.3. The second-order valence-electron chi connectivity index (χ2n) is 14.5. The minimum atomic E-state index is 0.640. The molecule has 12 rings (SSSR count). The van der Waals surface area contributed by atoms with E-state index in [4.69, 9.17) is 19.9 Å². The second kappa shape index (κ2) is 13.2. The van der Waals surface area contributed by atoms with Crippen LogP contribution in [0.3, 0.4) is 0 Å². The zero-order chi connectivity index (χ0) is 38.2. The van der Waals surface area contributed by atoms with Gasteiger partial charge in [0.15, 0.2) is 17.5 Å². The molecule has 270 valence electrons. The Balaban J connectivity index is 1.02. The number of aromatic nitrogens is 4. The van der Waals surface area contributed by atoms with E-state index in [1.165, 1.54) is 45.7 Å². The highest BCUT2D eigenvalue weighted by atomic mass is 32.1. The Hall–Kier alpha value is -7.12. The van der Waals surface area contributed by atoms with E-state index in [9.17, 15) is 0 Å².